The molecule has 2 saturated heterocycles. The Morgan fingerprint density at radius 2 is 2.18 bits per heavy atom. The molecule has 0 aromatic rings. The van der Waals surface area contributed by atoms with E-state index < -0.39 is 0 Å². The van der Waals surface area contributed by atoms with Gasteiger partial charge in [-0.3, -0.25) is 4.90 Å². The molecule has 0 amide bonds. The molecule has 1 N–H and O–H groups in total. The third kappa shape index (κ3) is 2.83. The molecule has 17 heavy (non-hydrogen) atoms. The Labute approximate surface area is 105 Å². The van der Waals surface area contributed by atoms with Gasteiger partial charge in [-0.15, -0.1) is 0 Å². The lowest BCUT2D eigenvalue weighted by atomic mass is 9.85. The predicted octanol–water partition coefficient (Wildman–Crippen LogP) is 1.63. The van der Waals surface area contributed by atoms with E-state index in [4.69, 9.17) is 4.74 Å². The van der Waals surface area contributed by atoms with Crippen LogP contribution in [0.3, 0.4) is 0 Å². The third-order valence-electron chi connectivity index (χ3n) is 4.75. The molecule has 3 aliphatic rings. The maximum atomic E-state index is 5.61. The lowest BCUT2D eigenvalue weighted by Gasteiger charge is -2.33. The number of ether oxygens (including phenoxy) is 1. The number of morpholine rings is 1. The van der Waals surface area contributed by atoms with Crippen molar-refractivity contribution in [3.05, 3.63) is 0 Å². The topological polar surface area (TPSA) is 24.5 Å². The van der Waals surface area contributed by atoms with Crippen LogP contribution in [0.25, 0.3) is 0 Å². The Bertz CT molecular complexity index is 245. The highest BCUT2D eigenvalue weighted by Crippen LogP contribution is 2.33. The van der Waals surface area contributed by atoms with E-state index >= 15 is 0 Å². The van der Waals surface area contributed by atoms with Crippen molar-refractivity contribution >= 4 is 0 Å². The van der Waals surface area contributed by atoms with Gasteiger partial charge in [0.2, 0.25) is 0 Å². The Morgan fingerprint density at radius 3 is 3.00 bits per heavy atom. The molecule has 3 rings (SSSR count). The van der Waals surface area contributed by atoms with Crippen LogP contribution < -0.4 is 5.32 Å². The first-order valence-corrected chi connectivity index (χ1v) is 7.41. The molecule has 98 valence electrons. The molecule has 0 radical (unpaired) electrons. The van der Waals surface area contributed by atoms with Gasteiger partial charge in [0, 0.05) is 31.7 Å². The smallest absolute Gasteiger partial charge is 0.0674 e. The zero-order valence-electron chi connectivity index (χ0n) is 11.0. The summed E-state index contributed by atoms with van der Waals surface area (Å²) in [6, 6.07) is 1.58. The van der Waals surface area contributed by atoms with Gasteiger partial charge in [-0.1, -0.05) is 12.8 Å². The molecule has 3 fully saturated rings. The second-order valence-electron chi connectivity index (χ2n) is 6.19. The monoisotopic (exact) mass is 238 g/mol. The highest BCUT2D eigenvalue weighted by Gasteiger charge is 2.35. The molecule has 0 spiro atoms. The fourth-order valence-corrected chi connectivity index (χ4v) is 3.94. The van der Waals surface area contributed by atoms with E-state index in [2.05, 4.69) is 17.1 Å². The van der Waals surface area contributed by atoms with E-state index in [-0.39, 0.29) is 0 Å². The second-order valence-corrected chi connectivity index (χ2v) is 6.19. The normalized spacial score (nSPS) is 43.6. The summed E-state index contributed by atoms with van der Waals surface area (Å²) >= 11 is 0. The summed E-state index contributed by atoms with van der Waals surface area (Å²) in [5.41, 5.74) is 0. The van der Waals surface area contributed by atoms with Gasteiger partial charge < -0.3 is 10.1 Å². The summed E-state index contributed by atoms with van der Waals surface area (Å²) in [6.45, 7) is 6.58. The van der Waals surface area contributed by atoms with E-state index in [9.17, 15) is 0 Å². The van der Waals surface area contributed by atoms with E-state index in [1.54, 1.807) is 0 Å². The molecule has 0 aromatic carbocycles. The summed E-state index contributed by atoms with van der Waals surface area (Å²) < 4.78 is 5.61. The minimum atomic E-state index is 0.424. The summed E-state index contributed by atoms with van der Waals surface area (Å²) in [4.78, 5) is 2.59. The first-order valence-electron chi connectivity index (χ1n) is 7.41. The van der Waals surface area contributed by atoms with Crippen LogP contribution in [-0.4, -0.2) is 49.3 Å². The zero-order chi connectivity index (χ0) is 11.7. The third-order valence-corrected chi connectivity index (χ3v) is 4.75. The summed E-state index contributed by atoms with van der Waals surface area (Å²) in [6.07, 6.45) is 7.62. The largest absolute Gasteiger partial charge is 0.376 e. The average Bonchev–Trinajstić information content (AvgIpc) is 2.71. The van der Waals surface area contributed by atoms with Crippen molar-refractivity contribution in [3.63, 3.8) is 0 Å². The van der Waals surface area contributed by atoms with E-state index in [0.29, 0.717) is 6.10 Å². The van der Waals surface area contributed by atoms with Crippen LogP contribution in [-0.2, 0) is 4.74 Å². The van der Waals surface area contributed by atoms with Gasteiger partial charge in [0.15, 0.2) is 0 Å². The number of hydrogen-bond acceptors (Lipinski definition) is 3. The number of hydrogen-bond donors (Lipinski definition) is 1. The molecule has 2 aliphatic heterocycles. The fraction of sp³-hybridized carbons (Fsp3) is 1.00. The zero-order valence-corrected chi connectivity index (χ0v) is 11.0. The van der Waals surface area contributed by atoms with Gasteiger partial charge in [0.05, 0.1) is 12.7 Å². The van der Waals surface area contributed by atoms with Crippen LogP contribution in [0, 0.1) is 5.92 Å². The molecule has 1 aliphatic carbocycles. The lowest BCUT2D eigenvalue weighted by molar-refractivity contribution is -0.0205. The molecule has 2 heterocycles. The summed E-state index contributed by atoms with van der Waals surface area (Å²) in [5.74, 6) is 0.979. The van der Waals surface area contributed by atoms with Crippen molar-refractivity contribution in [1.82, 2.24) is 10.2 Å². The van der Waals surface area contributed by atoms with E-state index in [0.717, 1.165) is 37.7 Å². The maximum Gasteiger partial charge on any atom is 0.0674 e. The Kier molecular flexibility index (Phi) is 3.69. The lowest BCUT2D eigenvalue weighted by Crippen LogP contribution is -2.47. The molecular formula is C14H26N2O. The van der Waals surface area contributed by atoms with Gasteiger partial charge in [0.25, 0.3) is 0 Å². The van der Waals surface area contributed by atoms with Crippen molar-refractivity contribution in [2.24, 2.45) is 5.92 Å². The molecule has 0 bridgehead atoms. The van der Waals surface area contributed by atoms with Crippen LogP contribution in [0.4, 0.5) is 0 Å². The van der Waals surface area contributed by atoms with E-state index in [1.165, 1.54) is 38.6 Å². The number of nitrogens with one attached hydrogen (secondary N) is 1. The number of rotatable bonds is 2. The molecule has 4 unspecified atom stereocenters. The Hall–Kier alpha value is -0.120. The fourth-order valence-electron chi connectivity index (χ4n) is 3.94. The van der Waals surface area contributed by atoms with Crippen molar-refractivity contribution in [2.45, 2.75) is 57.2 Å². The van der Waals surface area contributed by atoms with Crippen molar-refractivity contribution in [1.29, 1.82) is 0 Å². The minimum absolute atomic E-state index is 0.424. The second kappa shape index (κ2) is 5.25. The van der Waals surface area contributed by atoms with Crippen LogP contribution >= 0.6 is 0 Å². The van der Waals surface area contributed by atoms with Crippen molar-refractivity contribution in [2.75, 3.05) is 26.2 Å². The van der Waals surface area contributed by atoms with Gasteiger partial charge >= 0.3 is 0 Å². The van der Waals surface area contributed by atoms with Gasteiger partial charge in [-0.2, -0.15) is 0 Å². The van der Waals surface area contributed by atoms with Crippen molar-refractivity contribution < 1.29 is 4.74 Å². The number of nitrogens with zero attached hydrogens (tertiary/aromatic N) is 1. The first-order chi connectivity index (χ1) is 8.31. The quantitative estimate of drug-likeness (QED) is 0.791. The first kappa shape index (κ1) is 11.9. The van der Waals surface area contributed by atoms with Gasteiger partial charge in [-0.25, -0.2) is 0 Å². The molecule has 0 aromatic heterocycles. The molecular weight excluding hydrogens is 212 g/mol. The Balaban J connectivity index is 1.49. The molecule has 3 nitrogen and oxygen atoms in total. The van der Waals surface area contributed by atoms with Crippen LogP contribution in [0.2, 0.25) is 0 Å². The van der Waals surface area contributed by atoms with Crippen LogP contribution in [0.1, 0.15) is 39.0 Å². The summed E-state index contributed by atoms with van der Waals surface area (Å²) in [5, 5.41) is 3.87. The number of fused-ring (bicyclic) bond motifs is 1. The predicted molar refractivity (Wildman–Crippen MR) is 69.1 cm³/mol. The average molecular weight is 238 g/mol. The molecule has 1 saturated carbocycles. The molecule has 3 heteroatoms. The van der Waals surface area contributed by atoms with E-state index in [1.807, 2.05) is 0 Å². The highest BCUT2D eigenvalue weighted by molar-refractivity contribution is 4.94. The highest BCUT2D eigenvalue weighted by atomic mass is 16.5. The van der Waals surface area contributed by atoms with Crippen LogP contribution in [0.5, 0.6) is 0 Å². The maximum absolute atomic E-state index is 5.61. The van der Waals surface area contributed by atoms with Crippen molar-refractivity contribution in [3.8, 4) is 0 Å². The Morgan fingerprint density at radius 1 is 1.29 bits per heavy atom. The standard InChI is InChI=1S/C14H26N2O/c1-11-9-16(6-7-17-11)10-13-8-12-4-2-3-5-14(12)15-13/h11-15H,2-10H2,1H3. The SMILES string of the molecule is CC1CN(CC2CC3CCCCC3N2)CCO1. The minimum Gasteiger partial charge on any atom is -0.376 e. The molecule has 4 atom stereocenters. The van der Waals surface area contributed by atoms with Gasteiger partial charge in [0.1, 0.15) is 0 Å². The van der Waals surface area contributed by atoms with Gasteiger partial charge in [-0.05, 0) is 32.1 Å². The summed E-state index contributed by atoms with van der Waals surface area (Å²) in [7, 11) is 0. The van der Waals surface area contributed by atoms with Crippen LogP contribution in [0.15, 0.2) is 0 Å².